The Hall–Kier alpha value is -1.23. The summed E-state index contributed by atoms with van der Waals surface area (Å²) in [5.74, 6) is 0.253. The molecule has 1 aliphatic carbocycles. The Morgan fingerprint density at radius 3 is 2.56 bits per heavy atom. The molecule has 1 saturated carbocycles. The van der Waals surface area contributed by atoms with E-state index in [0.717, 1.165) is 12.0 Å². The number of aryl methyl sites for hydroxylation is 1. The molecule has 2 rings (SSSR count). The molecular formula is C16H25NO7S. The molecule has 9 heteroatoms. The highest BCUT2D eigenvalue weighted by atomic mass is 32.2. The summed E-state index contributed by atoms with van der Waals surface area (Å²) in [6.45, 7) is 0.308. The van der Waals surface area contributed by atoms with Crippen molar-refractivity contribution in [2.45, 2.75) is 56.5 Å². The molecule has 4 atom stereocenters. The Labute approximate surface area is 147 Å². The van der Waals surface area contributed by atoms with Crippen LogP contribution in [0.3, 0.4) is 0 Å². The molecule has 0 aliphatic heterocycles. The van der Waals surface area contributed by atoms with Gasteiger partial charge in [-0.2, -0.15) is 8.42 Å². The maximum Gasteiger partial charge on any atom is 0.333 e. The normalized spacial score (nSPS) is 27.3. The minimum absolute atomic E-state index is 0.00727. The van der Waals surface area contributed by atoms with Crippen molar-refractivity contribution in [1.29, 1.82) is 0 Å². The number of ether oxygens (including phenoxy) is 1. The highest BCUT2D eigenvalue weighted by Gasteiger charge is 2.40. The van der Waals surface area contributed by atoms with Crippen LogP contribution in [-0.2, 0) is 25.6 Å². The van der Waals surface area contributed by atoms with Crippen LogP contribution in [-0.4, -0.2) is 54.8 Å². The lowest BCUT2D eigenvalue weighted by molar-refractivity contribution is -0.128. The van der Waals surface area contributed by atoms with Crippen molar-refractivity contribution >= 4 is 10.3 Å². The quantitative estimate of drug-likeness (QED) is 0.476. The van der Waals surface area contributed by atoms with E-state index in [-0.39, 0.29) is 18.6 Å². The second kappa shape index (κ2) is 8.93. The minimum Gasteiger partial charge on any atom is -0.508 e. The summed E-state index contributed by atoms with van der Waals surface area (Å²) < 4.78 is 32.6. The van der Waals surface area contributed by atoms with Gasteiger partial charge in [-0.1, -0.05) is 18.2 Å². The molecule has 1 aliphatic rings. The third-order valence-corrected chi connectivity index (χ3v) is 4.66. The first-order valence-corrected chi connectivity index (χ1v) is 9.69. The fraction of sp³-hybridized carbons (Fsp3) is 0.625. The molecule has 0 unspecified atom stereocenters. The van der Waals surface area contributed by atoms with E-state index >= 15 is 0 Å². The summed E-state index contributed by atoms with van der Waals surface area (Å²) in [6, 6.07) is 7.09. The Morgan fingerprint density at radius 2 is 1.88 bits per heavy atom. The number of hydrogen-bond donors (Lipinski definition) is 4. The Balaban J connectivity index is 1.81. The van der Waals surface area contributed by atoms with Gasteiger partial charge in [-0.3, -0.25) is 0 Å². The molecule has 5 N–H and O–H groups in total. The standard InChI is InChI=1S/C16H25NO7S/c17-25(21,22)24-16-14(20)9-12(18)10-15(16)23-8-4-3-6-11-5-1-2-7-13(11)19/h1-2,5,7,12,14-16,18-20H,3-4,6,8-10H2,(H2,17,21,22)/t12-,14-,15-,16-/m1/s1. The van der Waals surface area contributed by atoms with E-state index in [1.165, 1.54) is 0 Å². The zero-order valence-electron chi connectivity index (χ0n) is 13.8. The van der Waals surface area contributed by atoms with Gasteiger partial charge in [-0.15, -0.1) is 0 Å². The largest absolute Gasteiger partial charge is 0.508 e. The minimum atomic E-state index is -4.23. The average molecular weight is 375 g/mol. The molecule has 1 aromatic carbocycles. The fourth-order valence-electron chi connectivity index (χ4n) is 2.98. The first kappa shape index (κ1) is 20.1. The van der Waals surface area contributed by atoms with Crippen LogP contribution in [0.1, 0.15) is 31.2 Å². The first-order valence-electron chi connectivity index (χ1n) is 8.22. The summed E-state index contributed by atoms with van der Waals surface area (Å²) in [5.41, 5.74) is 0.849. The van der Waals surface area contributed by atoms with Gasteiger partial charge in [-0.25, -0.2) is 9.32 Å². The van der Waals surface area contributed by atoms with Crippen LogP contribution >= 0.6 is 0 Å². The number of phenolic OH excluding ortho intramolecular Hbond substituents is 1. The predicted molar refractivity (Wildman–Crippen MR) is 90.0 cm³/mol. The predicted octanol–water partition coefficient (Wildman–Crippen LogP) is 0.204. The van der Waals surface area contributed by atoms with E-state index in [4.69, 9.17) is 14.1 Å². The monoisotopic (exact) mass is 375 g/mol. The first-order chi connectivity index (χ1) is 11.8. The maximum atomic E-state index is 11.1. The third kappa shape index (κ3) is 6.53. The molecule has 0 aromatic heterocycles. The molecule has 8 nitrogen and oxygen atoms in total. The third-order valence-electron chi connectivity index (χ3n) is 4.17. The molecule has 0 bridgehead atoms. The maximum absolute atomic E-state index is 11.1. The summed E-state index contributed by atoms with van der Waals surface area (Å²) in [5, 5.41) is 34.3. The number of unbranched alkanes of at least 4 members (excludes halogenated alkanes) is 1. The summed E-state index contributed by atoms with van der Waals surface area (Å²) >= 11 is 0. The van der Waals surface area contributed by atoms with E-state index in [0.29, 0.717) is 19.4 Å². The second-order valence-electron chi connectivity index (χ2n) is 6.24. The van der Waals surface area contributed by atoms with Gasteiger partial charge in [0.15, 0.2) is 0 Å². The average Bonchev–Trinajstić information content (AvgIpc) is 2.51. The van der Waals surface area contributed by atoms with Crippen molar-refractivity contribution in [1.82, 2.24) is 0 Å². The molecule has 0 amide bonds. The molecule has 25 heavy (non-hydrogen) atoms. The lowest BCUT2D eigenvalue weighted by Crippen LogP contribution is -2.50. The van der Waals surface area contributed by atoms with Crippen molar-refractivity contribution in [3.8, 4) is 5.75 Å². The zero-order chi connectivity index (χ0) is 18.4. The van der Waals surface area contributed by atoms with Crippen LogP contribution in [0.25, 0.3) is 0 Å². The Kier molecular flexibility index (Phi) is 7.17. The van der Waals surface area contributed by atoms with Crippen LogP contribution < -0.4 is 5.14 Å². The fourth-order valence-corrected chi connectivity index (χ4v) is 3.54. The number of phenols is 1. The van der Waals surface area contributed by atoms with Gasteiger partial charge in [0.1, 0.15) is 11.9 Å². The zero-order valence-corrected chi connectivity index (χ0v) is 14.6. The van der Waals surface area contributed by atoms with E-state index in [9.17, 15) is 23.7 Å². The molecule has 0 spiro atoms. The molecule has 1 fully saturated rings. The van der Waals surface area contributed by atoms with Crippen LogP contribution in [0.4, 0.5) is 0 Å². The number of para-hydroxylation sites is 1. The van der Waals surface area contributed by atoms with Gasteiger partial charge in [0.2, 0.25) is 0 Å². The van der Waals surface area contributed by atoms with E-state index in [1.54, 1.807) is 12.1 Å². The van der Waals surface area contributed by atoms with E-state index < -0.39 is 34.7 Å². The van der Waals surface area contributed by atoms with E-state index in [1.807, 2.05) is 12.1 Å². The van der Waals surface area contributed by atoms with Gasteiger partial charge < -0.3 is 20.1 Å². The van der Waals surface area contributed by atoms with Crippen LogP contribution in [0.2, 0.25) is 0 Å². The number of hydrogen-bond acceptors (Lipinski definition) is 7. The summed E-state index contributed by atoms with van der Waals surface area (Å²) in [7, 11) is -4.23. The van der Waals surface area contributed by atoms with Crippen molar-refractivity contribution in [2.75, 3.05) is 6.61 Å². The molecule has 0 saturated heterocycles. The lowest BCUT2D eigenvalue weighted by Gasteiger charge is -2.36. The molecule has 0 radical (unpaired) electrons. The molecule has 1 aromatic rings. The second-order valence-corrected chi connectivity index (χ2v) is 7.42. The topological polar surface area (TPSA) is 139 Å². The van der Waals surface area contributed by atoms with E-state index in [2.05, 4.69) is 0 Å². The van der Waals surface area contributed by atoms with Gasteiger partial charge in [0.25, 0.3) is 0 Å². The lowest BCUT2D eigenvalue weighted by atomic mass is 9.90. The van der Waals surface area contributed by atoms with Crippen molar-refractivity contribution in [3.05, 3.63) is 29.8 Å². The van der Waals surface area contributed by atoms with Crippen molar-refractivity contribution in [3.63, 3.8) is 0 Å². The number of aliphatic hydroxyl groups excluding tert-OH is 2. The van der Waals surface area contributed by atoms with Gasteiger partial charge in [0.05, 0.1) is 18.3 Å². The Bertz CT molecular complexity index is 652. The summed E-state index contributed by atoms with van der Waals surface area (Å²) in [4.78, 5) is 0. The number of aromatic hydroxyl groups is 1. The highest BCUT2D eigenvalue weighted by Crippen LogP contribution is 2.26. The van der Waals surface area contributed by atoms with Crippen molar-refractivity contribution < 1.29 is 32.7 Å². The number of benzene rings is 1. The molecule has 0 heterocycles. The van der Waals surface area contributed by atoms with Crippen LogP contribution in [0, 0.1) is 0 Å². The highest BCUT2D eigenvalue weighted by molar-refractivity contribution is 7.84. The molecular weight excluding hydrogens is 350 g/mol. The van der Waals surface area contributed by atoms with Crippen molar-refractivity contribution in [2.24, 2.45) is 5.14 Å². The number of nitrogens with two attached hydrogens (primary N) is 1. The van der Waals surface area contributed by atoms with Crippen LogP contribution in [0.5, 0.6) is 5.75 Å². The van der Waals surface area contributed by atoms with Gasteiger partial charge >= 0.3 is 10.3 Å². The Morgan fingerprint density at radius 1 is 1.16 bits per heavy atom. The number of aliphatic hydroxyl groups is 2. The van der Waals surface area contributed by atoms with Gasteiger partial charge in [-0.05, 0) is 30.9 Å². The number of rotatable bonds is 8. The smallest absolute Gasteiger partial charge is 0.333 e. The summed E-state index contributed by atoms with van der Waals surface area (Å²) in [6.07, 6.45) is -1.57. The van der Waals surface area contributed by atoms with Gasteiger partial charge in [0, 0.05) is 19.4 Å². The van der Waals surface area contributed by atoms with Crippen LogP contribution in [0.15, 0.2) is 24.3 Å². The SMILES string of the molecule is NS(=O)(=O)O[C@@H]1[C@H](O)C[C@@H](O)C[C@H]1OCCCCc1ccccc1O. The molecule has 142 valence electrons.